The minimum Gasteiger partial charge on any atom is -1.00 e. The van der Waals surface area contributed by atoms with Gasteiger partial charge in [0.25, 0.3) is 6.41 Å². The summed E-state index contributed by atoms with van der Waals surface area (Å²) >= 11 is 5.73. The predicted octanol–water partition coefficient (Wildman–Crippen LogP) is -3.61. The zero-order valence-electron chi connectivity index (χ0n) is 10.1. The van der Waals surface area contributed by atoms with Gasteiger partial charge in [-0.25, -0.2) is 13.2 Å². The summed E-state index contributed by atoms with van der Waals surface area (Å²) in [5.74, 6) is 0. The molecule has 19 heavy (non-hydrogen) atoms. The summed E-state index contributed by atoms with van der Waals surface area (Å²) in [5, 5.41) is 0.504. The molecule has 0 aromatic heterocycles. The number of amides is 1. The molecule has 0 aliphatic carbocycles. The quantitative estimate of drug-likeness (QED) is 0.584. The largest absolute Gasteiger partial charge is 1.00 e. The van der Waals surface area contributed by atoms with Crippen LogP contribution in [-0.2, 0) is 14.8 Å². The van der Waals surface area contributed by atoms with Gasteiger partial charge in [-0.15, -0.1) is 0 Å². The molecule has 0 radical (unpaired) electrons. The molecule has 0 bridgehead atoms. The standard InChI is InChI=1S/C11H13ClN2O3S.ClH/c12-10-1-3-11(4-2-10)18(16,17)14-7-5-13(9-15)6-8-14;/h1-4,9H,5-8H2;1H. The highest BCUT2D eigenvalue weighted by Gasteiger charge is 2.30. The molecule has 0 spiro atoms. The van der Waals surface area contributed by atoms with E-state index in [4.69, 9.17) is 11.6 Å². The van der Waals surface area contributed by atoms with Crippen molar-refractivity contribution >= 4 is 28.0 Å². The third-order valence-corrected chi connectivity index (χ3v) is 5.15. The molecule has 1 aliphatic rings. The van der Waals surface area contributed by atoms with E-state index in [1.165, 1.54) is 16.4 Å². The smallest absolute Gasteiger partial charge is 0.299 e. The van der Waals surface area contributed by atoms with Gasteiger partial charge in [0.1, 0.15) is 0 Å². The Balaban J connectivity index is 0.00000180. The average molecular weight is 325 g/mol. The minimum atomic E-state index is -3.47. The number of hydrogen-bond acceptors (Lipinski definition) is 3. The first-order valence-electron chi connectivity index (χ1n) is 5.59. The molecule has 0 atom stereocenters. The Bertz CT molecular complexity index is 525. The van der Waals surface area contributed by atoms with Crippen molar-refractivity contribution in [2.75, 3.05) is 26.2 Å². The van der Waals surface area contributed by atoms with Gasteiger partial charge in [0.05, 0.1) is 31.1 Å². The van der Waals surface area contributed by atoms with Crippen LogP contribution in [0.25, 0.3) is 0 Å². The number of sulfonamides is 1. The number of quaternary nitrogens is 1. The van der Waals surface area contributed by atoms with Gasteiger partial charge in [-0.05, 0) is 24.3 Å². The van der Waals surface area contributed by atoms with Crippen molar-refractivity contribution in [2.45, 2.75) is 4.90 Å². The lowest BCUT2D eigenvalue weighted by molar-refractivity contribution is -0.815. The van der Waals surface area contributed by atoms with Crippen LogP contribution >= 0.6 is 11.6 Å². The number of rotatable bonds is 3. The van der Waals surface area contributed by atoms with Crippen LogP contribution in [0.15, 0.2) is 29.2 Å². The second-order valence-corrected chi connectivity index (χ2v) is 6.51. The molecule has 1 aromatic carbocycles. The molecule has 0 unspecified atom stereocenters. The summed E-state index contributed by atoms with van der Waals surface area (Å²) in [6.45, 7) is 1.74. The third kappa shape index (κ3) is 3.67. The highest BCUT2D eigenvalue weighted by atomic mass is 35.5. The van der Waals surface area contributed by atoms with Gasteiger partial charge in [-0.1, -0.05) is 11.6 Å². The van der Waals surface area contributed by atoms with Crippen LogP contribution in [0.3, 0.4) is 0 Å². The molecule has 1 heterocycles. The molecule has 0 saturated carbocycles. The van der Waals surface area contributed by atoms with E-state index in [9.17, 15) is 13.2 Å². The topological polar surface area (TPSA) is 58.9 Å². The average Bonchev–Trinajstić information content (AvgIpc) is 2.39. The van der Waals surface area contributed by atoms with E-state index in [0.29, 0.717) is 31.2 Å². The molecule has 106 valence electrons. The minimum absolute atomic E-state index is 0. The first-order chi connectivity index (χ1) is 8.54. The number of carbonyl (C=O) groups excluding carboxylic acids is 1. The number of benzene rings is 1. The Hall–Kier alpha value is -0.660. The lowest BCUT2D eigenvalue weighted by Gasteiger charge is -2.28. The van der Waals surface area contributed by atoms with Crippen molar-refractivity contribution in [3.8, 4) is 0 Å². The van der Waals surface area contributed by atoms with Gasteiger partial charge in [0.15, 0.2) is 0 Å². The molecule has 5 nitrogen and oxygen atoms in total. The number of piperazine rings is 1. The maximum atomic E-state index is 12.3. The number of nitrogens with one attached hydrogen (secondary N) is 1. The Morgan fingerprint density at radius 1 is 1.16 bits per heavy atom. The number of carbonyl (C=O) groups is 1. The number of nitrogens with zero attached hydrogens (tertiary/aromatic N) is 1. The third-order valence-electron chi connectivity index (χ3n) is 2.98. The fraction of sp³-hybridized carbons (Fsp3) is 0.364. The fourth-order valence-electron chi connectivity index (χ4n) is 1.89. The Labute approximate surface area is 123 Å². The molecule has 1 saturated heterocycles. The van der Waals surface area contributed by atoms with Crippen LogP contribution in [0.2, 0.25) is 5.02 Å². The highest BCUT2D eigenvalue weighted by Crippen LogP contribution is 2.18. The van der Waals surface area contributed by atoms with Crippen LogP contribution in [0.4, 0.5) is 0 Å². The Morgan fingerprint density at radius 3 is 2.16 bits per heavy atom. The van der Waals surface area contributed by atoms with Gasteiger partial charge < -0.3 is 12.4 Å². The van der Waals surface area contributed by atoms with E-state index in [1.54, 1.807) is 12.1 Å². The Morgan fingerprint density at radius 2 is 1.68 bits per heavy atom. The van der Waals surface area contributed by atoms with Gasteiger partial charge in [-0.2, -0.15) is 4.31 Å². The molecular formula is C11H14Cl2N2O3S. The van der Waals surface area contributed by atoms with Gasteiger partial charge in [-0.3, -0.25) is 4.90 Å². The van der Waals surface area contributed by atoms with Crippen LogP contribution in [0.5, 0.6) is 0 Å². The van der Waals surface area contributed by atoms with E-state index >= 15 is 0 Å². The van der Waals surface area contributed by atoms with Crippen molar-refractivity contribution < 1.29 is 30.5 Å². The van der Waals surface area contributed by atoms with Crippen molar-refractivity contribution in [3.05, 3.63) is 29.3 Å². The normalized spacial score (nSPS) is 17.7. The van der Waals surface area contributed by atoms with Gasteiger partial charge in [0, 0.05) is 5.02 Å². The molecule has 8 heteroatoms. The summed E-state index contributed by atoms with van der Waals surface area (Å²) in [5.41, 5.74) is 0. The monoisotopic (exact) mass is 324 g/mol. The van der Waals surface area contributed by atoms with Gasteiger partial charge >= 0.3 is 0 Å². The van der Waals surface area contributed by atoms with E-state index in [-0.39, 0.29) is 17.3 Å². The molecule has 1 amide bonds. The SMILES string of the molecule is O=C[NH+]1CCN(S(=O)(=O)c2ccc(Cl)cc2)CC1.[Cl-]. The maximum absolute atomic E-state index is 12.3. The molecule has 2 rings (SSSR count). The zero-order valence-corrected chi connectivity index (χ0v) is 12.4. The van der Waals surface area contributed by atoms with Crippen molar-refractivity contribution in [2.24, 2.45) is 0 Å². The van der Waals surface area contributed by atoms with Crippen LogP contribution in [0.1, 0.15) is 0 Å². The van der Waals surface area contributed by atoms with Gasteiger partial charge in [0.2, 0.25) is 10.0 Å². The summed E-state index contributed by atoms with van der Waals surface area (Å²) in [6.07, 6.45) is 0.826. The Kier molecular flexibility index (Phi) is 5.76. The van der Waals surface area contributed by atoms with Crippen molar-refractivity contribution in [1.82, 2.24) is 4.31 Å². The number of halogens is 2. The lowest BCUT2D eigenvalue weighted by Crippen LogP contribution is -3.14. The van der Waals surface area contributed by atoms with E-state index in [2.05, 4.69) is 0 Å². The van der Waals surface area contributed by atoms with Crippen molar-refractivity contribution in [1.29, 1.82) is 0 Å². The molecule has 1 aromatic rings. The molecule has 1 fully saturated rings. The zero-order chi connectivity index (χ0) is 13.2. The number of hydrogen-bond donors (Lipinski definition) is 1. The summed E-state index contributed by atoms with van der Waals surface area (Å²) in [7, 11) is -3.47. The van der Waals surface area contributed by atoms with E-state index < -0.39 is 10.0 Å². The van der Waals surface area contributed by atoms with E-state index in [1.807, 2.05) is 0 Å². The van der Waals surface area contributed by atoms with E-state index in [0.717, 1.165) is 11.3 Å². The van der Waals surface area contributed by atoms with Crippen LogP contribution in [-0.4, -0.2) is 45.3 Å². The summed E-state index contributed by atoms with van der Waals surface area (Å²) < 4.78 is 26.0. The highest BCUT2D eigenvalue weighted by molar-refractivity contribution is 7.89. The maximum Gasteiger partial charge on any atom is 0.299 e. The predicted molar refractivity (Wildman–Crippen MR) is 67.0 cm³/mol. The summed E-state index contributed by atoms with van der Waals surface area (Å²) in [6, 6.07) is 6.11. The molecular weight excluding hydrogens is 311 g/mol. The second-order valence-electron chi connectivity index (χ2n) is 4.13. The van der Waals surface area contributed by atoms with Crippen LogP contribution in [0, 0.1) is 0 Å². The van der Waals surface area contributed by atoms with Crippen molar-refractivity contribution in [3.63, 3.8) is 0 Å². The second kappa shape index (κ2) is 6.67. The van der Waals surface area contributed by atoms with Crippen LogP contribution < -0.4 is 17.3 Å². The lowest BCUT2D eigenvalue weighted by atomic mass is 10.4. The summed E-state index contributed by atoms with van der Waals surface area (Å²) in [4.78, 5) is 11.6. The molecule has 1 aliphatic heterocycles. The molecule has 1 N–H and O–H groups in total. The first kappa shape index (κ1) is 16.4. The first-order valence-corrected chi connectivity index (χ1v) is 7.41. The fourth-order valence-corrected chi connectivity index (χ4v) is 3.45.